The summed E-state index contributed by atoms with van der Waals surface area (Å²) in [6.07, 6.45) is -1.23. The molecule has 3 atom stereocenters. The number of aromatic nitrogens is 1. The summed E-state index contributed by atoms with van der Waals surface area (Å²) in [5.41, 5.74) is 0.550. The number of rotatable bonds is 12. The number of hydrogen-bond acceptors (Lipinski definition) is 8. The van der Waals surface area contributed by atoms with E-state index in [4.69, 9.17) is 4.42 Å². The maximum absolute atomic E-state index is 12.7. The van der Waals surface area contributed by atoms with Gasteiger partial charge in [-0.2, -0.15) is 4.98 Å². The molecule has 0 aliphatic carbocycles. The molecule has 0 saturated carbocycles. The van der Waals surface area contributed by atoms with Crippen molar-refractivity contribution in [3.63, 3.8) is 0 Å². The Morgan fingerprint density at radius 1 is 1.15 bits per heavy atom. The molecule has 0 aliphatic rings. The summed E-state index contributed by atoms with van der Waals surface area (Å²) >= 11 is 0. The molecule has 1 heterocycles. The van der Waals surface area contributed by atoms with E-state index in [1.54, 1.807) is 24.3 Å². The molecule has 2 rings (SSSR count). The van der Waals surface area contributed by atoms with Crippen LogP contribution in [0, 0.1) is 5.92 Å². The fourth-order valence-electron chi connectivity index (χ4n) is 2.92. The van der Waals surface area contributed by atoms with Gasteiger partial charge in [0, 0.05) is 6.54 Å². The van der Waals surface area contributed by atoms with E-state index in [1.165, 1.54) is 0 Å². The Labute approximate surface area is 192 Å². The topological polar surface area (TPSA) is 171 Å². The van der Waals surface area contributed by atoms with E-state index in [9.17, 15) is 28.2 Å². The number of hydrogen-bond donors (Lipinski definition) is 5. The predicted octanol–water partition coefficient (Wildman–Crippen LogP) is 0.271. The molecule has 2 amide bonds. The van der Waals surface area contributed by atoms with Gasteiger partial charge in [0.05, 0.1) is 24.8 Å². The lowest BCUT2D eigenvalue weighted by molar-refractivity contribution is -0.125. The van der Waals surface area contributed by atoms with Crippen molar-refractivity contribution < 1.29 is 32.6 Å². The third-order valence-corrected chi connectivity index (χ3v) is 5.08. The van der Waals surface area contributed by atoms with Crippen LogP contribution < -0.4 is 15.4 Å². The molecule has 182 valence electrons. The first-order chi connectivity index (χ1) is 15.4. The number of sulfonamides is 1. The quantitative estimate of drug-likeness (QED) is 0.287. The number of carbonyl (C=O) groups is 2. The third-order valence-electron chi connectivity index (χ3n) is 4.53. The first-order valence-electron chi connectivity index (χ1n) is 10.4. The van der Waals surface area contributed by atoms with Gasteiger partial charge in [-0.05, 0) is 17.9 Å². The number of nitrogens with zero attached hydrogens (tertiary/aromatic N) is 1. The van der Waals surface area contributed by atoms with Gasteiger partial charge in [-0.1, -0.05) is 44.2 Å². The smallest absolute Gasteiger partial charge is 0.309 e. The second kappa shape index (κ2) is 11.8. The van der Waals surface area contributed by atoms with Crippen LogP contribution in [0.2, 0.25) is 0 Å². The van der Waals surface area contributed by atoms with Crippen molar-refractivity contribution in [1.29, 1.82) is 0 Å². The Hall–Kier alpha value is -2.96. The van der Waals surface area contributed by atoms with Crippen LogP contribution in [0.3, 0.4) is 0 Å². The van der Waals surface area contributed by atoms with Crippen LogP contribution in [0.4, 0.5) is 6.01 Å². The molecule has 0 bridgehead atoms. The van der Waals surface area contributed by atoms with Crippen LogP contribution in [-0.4, -0.2) is 66.5 Å². The van der Waals surface area contributed by atoms with E-state index in [1.807, 2.05) is 24.6 Å². The van der Waals surface area contributed by atoms with E-state index in [-0.39, 0.29) is 30.5 Å². The molecule has 11 nitrogen and oxygen atoms in total. The Balaban J connectivity index is 2.12. The number of anilines is 1. The van der Waals surface area contributed by atoms with Crippen LogP contribution in [0.1, 0.15) is 36.3 Å². The highest BCUT2D eigenvalue weighted by atomic mass is 32.2. The van der Waals surface area contributed by atoms with E-state index < -0.39 is 40.1 Å². The van der Waals surface area contributed by atoms with Crippen molar-refractivity contribution in [3.8, 4) is 0 Å². The zero-order chi connectivity index (χ0) is 24.6. The molecule has 0 unspecified atom stereocenters. The highest BCUT2D eigenvalue weighted by molar-refractivity contribution is 7.91. The van der Waals surface area contributed by atoms with Crippen molar-refractivity contribution in [1.82, 2.24) is 15.6 Å². The van der Waals surface area contributed by atoms with Gasteiger partial charge in [-0.15, -0.1) is 0 Å². The molecule has 0 saturated heterocycles. The zero-order valence-electron chi connectivity index (χ0n) is 18.7. The Morgan fingerprint density at radius 2 is 1.82 bits per heavy atom. The summed E-state index contributed by atoms with van der Waals surface area (Å²) in [5, 5.41) is 26.4. The highest BCUT2D eigenvalue weighted by Gasteiger charge is 2.30. The largest absolute Gasteiger partial charge is 0.431 e. The van der Waals surface area contributed by atoms with Crippen LogP contribution in [-0.2, 0) is 21.2 Å². The minimum Gasteiger partial charge on any atom is -0.431 e. The normalized spacial score (nSPS) is 14.4. The number of benzene rings is 1. The first-order valence-corrected chi connectivity index (χ1v) is 12.2. The Bertz CT molecular complexity index is 1020. The molecule has 0 aliphatic heterocycles. The van der Waals surface area contributed by atoms with Gasteiger partial charge in [0.2, 0.25) is 15.9 Å². The van der Waals surface area contributed by atoms with Crippen molar-refractivity contribution >= 4 is 27.9 Å². The summed E-state index contributed by atoms with van der Waals surface area (Å²) in [4.78, 5) is 28.5. The summed E-state index contributed by atoms with van der Waals surface area (Å²) in [7, 11) is -3.65. The number of amides is 2. The molecule has 1 aromatic carbocycles. The van der Waals surface area contributed by atoms with Crippen molar-refractivity contribution in [2.45, 2.75) is 44.9 Å². The molecule has 2 aromatic rings. The molecular weight excluding hydrogens is 452 g/mol. The van der Waals surface area contributed by atoms with Gasteiger partial charge in [-0.25, -0.2) is 13.1 Å². The fourth-order valence-corrected chi connectivity index (χ4v) is 3.33. The SMILES string of the molecule is CC(C)CNC(=O)C[C@@H](O)[C@H](O)[C@H](Cc1ccccc1)NC(=O)c1coc(NS(C)(=O)=O)n1. The average molecular weight is 483 g/mol. The summed E-state index contributed by atoms with van der Waals surface area (Å²) in [6, 6.07) is 7.61. The predicted molar refractivity (Wildman–Crippen MR) is 121 cm³/mol. The van der Waals surface area contributed by atoms with Crippen molar-refractivity contribution in [2.24, 2.45) is 5.92 Å². The minimum absolute atomic E-state index is 0.157. The van der Waals surface area contributed by atoms with Crippen LogP contribution in [0.25, 0.3) is 0 Å². The minimum atomic E-state index is -3.65. The van der Waals surface area contributed by atoms with Gasteiger partial charge >= 0.3 is 6.01 Å². The first kappa shape index (κ1) is 26.3. The highest BCUT2D eigenvalue weighted by Crippen LogP contribution is 2.14. The summed E-state index contributed by atoms with van der Waals surface area (Å²) in [6.45, 7) is 4.29. The number of aliphatic hydroxyl groups is 2. The fraction of sp³-hybridized carbons (Fsp3) is 0.476. The standard InChI is InChI=1S/C21H30N4O7S/c1-13(2)11-22-18(27)10-17(26)19(28)15(9-14-7-5-4-6-8-14)23-20(29)16-12-32-21(24-16)25-33(3,30)31/h4-8,12-13,15,17,19,26,28H,9-11H2,1-3H3,(H,22,27)(H,23,29)(H,24,25)/t15-,17+,19+/m0/s1. The van der Waals surface area contributed by atoms with Crippen molar-refractivity contribution in [2.75, 3.05) is 17.5 Å². The van der Waals surface area contributed by atoms with Gasteiger partial charge in [-0.3, -0.25) is 9.59 Å². The van der Waals surface area contributed by atoms with Gasteiger partial charge in [0.1, 0.15) is 12.4 Å². The second-order valence-corrected chi connectivity index (χ2v) is 9.89. The van der Waals surface area contributed by atoms with Crippen LogP contribution in [0.15, 0.2) is 41.0 Å². The van der Waals surface area contributed by atoms with Crippen molar-refractivity contribution in [3.05, 3.63) is 47.9 Å². The molecular formula is C21H30N4O7S. The summed E-state index contributed by atoms with van der Waals surface area (Å²) < 4.78 is 29.5. The lowest BCUT2D eigenvalue weighted by Crippen LogP contribution is -2.51. The molecule has 0 spiro atoms. The molecule has 0 fully saturated rings. The number of oxazole rings is 1. The number of nitrogens with one attached hydrogen (secondary N) is 3. The molecule has 0 radical (unpaired) electrons. The van der Waals surface area contributed by atoms with Gasteiger partial charge in [0.15, 0.2) is 5.69 Å². The lowest BCUT2D eigenvalue weighted by Gasteiger charge is -2.27. The van der Waals surface area contributed by atoms with E-state index in [0.29, 0.717) is 6.54 Å². The molecule has 12 heteroatoms. The maximum atomic E-state index is 12.7. The van der Waals surface area contributed by atoms with Crippen LogP contribution >= 0.6 is 0 Å². The lowest BCUT2D eigenvalue weighted by atomic mass is 9.96. The maximum Gasteiger partial charge on any atom is 0.309 e. The monoisotopic (exact) mass is 482 g/mol. The van der Waals surface area contributed by atoms with Crippen LogP contribution in [0.5, 0.6) is 0 Å². The molecule has 5 N–H and O–H groups in total. The number of aliphatic hydroxyl groups excluding tert-OH is 2. The van der Waals surface area contributed by atoms with E-state index in [0.717, 1.165) is 18.1 Å². The molecule has 1 aromatic heterocycles. The van der Waals surface area contributed by atoms with Gasteiger partial charge in [0.25, 0.3) is 5.91 Å². The summed E-state index contributed by atoms with van der Waals surface area (Å²) in [5.74, 6) is -0.949. The third kappa shape index (κ3) is 9.20. The van der Waals surface area contributed by atoms with Gasteiger partial charge < -0.3 is 25.3 Å². The Kier molecular flexibility index (Phi) is 9.38. The average Bonchev–Trinajstić information content (AvgIpc) is 3.18. The second-order valence-electron chi connectivity index (χ2n) is 8.14. The Morgan fingerprint density at radius 3 is 2.42 bits per heavy atom. The van der Waals surface area contributed by atoms with E-state index >= 15 is 0 Å². The molecule has 33 heavy (non-hydrogen) atoms. The zero-order valence-corrected chi connectivity index (χ0v) is 19.5. The number of carbonyl (C=O) groups excluding carboxylic acids is 2. The van der Waals surface area contributed by atoms with E-state index in [2.05, 4.69) is 15.6 Å².